The molecule has 0 saturated carbocycles. The van der Waals surface area contributed by atoms with Gasteiger partial charge in [-0.25, -0.2) is 0 Å². The smallest absolute Gasteiger partial charge is 0.286 e. The maximum absolute atomic E-state index is 11.8. The van der Waals surface area contributed by atoms with Crippen LogP contribution in [0.3, 0.4) is 0 Å². The highest BCUT2D eigenvalue weighted by atomic mass is 16.3. The predicted octanol–water partition coefficient (Wildman–Crippen LogP) is 1.46. The number of rotatable bonds is 8. The zero-order valence-electron chi connectivity index (χ0n) is 13.1. The molecule has 0 bridgehead atoms. The summed E-state index contributed by atoms with van der Waals surface area (Å²) in [5.74, 6) is -0.603. The molecule has 0 aliphatic heterocycles. The van der Waals surface area contributed by atoms with E-state index in [2.05, 4.69) is 10.6 Å². The Morgan fingerprint density at radius 2 is 1.83 bits per heavy atom. The molecule has 24 heavy (non-hydrogen) atoms. The van der Waals surface area contributed by atoms with Crippen molar-refractivity contribution < 1.29 is 18.8 Å². The predicted molar refractivity (Wildman–Crippen MR) is 88.2 cm³/mol. The molecule has 4 N–H and O–H groups in total. The van der Waals surface area contributed by atoms with Gasteiger partial charge < -0.3 is 20.8 Å². The van der Waals surface area contributed by atoms with E-state index in [1.54, 1.807) is 36.4 Å². The number of carbonyl (C=O) groups excluding carboxylic acids is 3. The van der Waals surface area contributed by atoms with Crippen LogP contribution >= 0.6 is 0 Å². The first-order valence-corrected chi connectivity index (χ1v) is 7.53. The fourth-order valence-corrected chi connectivity index (χ4v) is 2.08. The largest absolute Gasteiger partial charge is 0.459 e. The monoisotopic (exact) mass is 329 g/mol. The summed E-state index contributed by atoms with van der Waals surface area (Å²) in [7, 11) is 0. The average Bonchev–Trinajstić information content (AvgIpc) is 3.07. The molecular formula is C17H19N3O4. The van der Waals surface area contributed by atoms with Gasteiger partial charge in [0.2, 0.25) is 11.8 Å². The second-order valence-electron chi connectivity index (χ2n) is 5.22. The number of anilines is 1. The highest BCUT2D eigenvalue weighted by Crippen LogP contribution is 2.10. The number of benzene rings is 1. The van der Waals surface area contributed by atoms with E-state index in [0.29, 0.717) is 18.7 Å². The van der Waals surface area contributed by atoms with Crippen LogP contribution in [0.4, 0.5) is 5.69 Å². The highest BCUT2D eigenvalue weighted by Gasteiger charge is 2.08. The van der Waals surface area contributed by atoms with Crippen molar-refractivity contribution in [3.05, 3.63) is 54.0 Å². The van der Waals surface area contributed by atoms with E-state index in [-0.39, 0.29) is 30.4 Å². The first kappa shape index (κ1) is 17.3. The molecule has 0 unspecified atom stereocenters. The van der Waals surface area contributed by atoms with Crippen molar-refractivity contribution >= 4 is 23.4 Å². The maximum atomic E-state index is 11.8. The van der Waals surface area contributed by atoms with Crippen LogP contribution in [0.2, 0.25) is 0 Å². The van der Waals surface area contributed by atoms with Gasteiger partial charge in [0.25, 0.3) is 5.91 Å². The number of nitrogens with two attached hydrogens (primary N) is 1. The molecule has 126 valence electrons. The van der Waals surface area contributed by atoms with Gasteiger partial charge >= 0.3 is 0 Å². The van der Waals surface area contributed by atoms with E-state index in [0.717, 1.165) is 5.56 Å². The van der Waals surface area contributed by atoms with Gasteiger partial charge in [-0.15, -0.1) is 0 Å². The van der Waals surface area contributed by atoms with Crippen molar-refractivity contribution in [1.82, 2.24) is 5.32 Å². The molecule has 0 radical (unpaired) electrons. The summed E-state index contributed by atoms with van der Waals surface area (Å²) in [6.07, 6.45) is 2.39. The molecular weight excluding hydrogens is 310 g/mol. The van der Waals surface area contributed by atoms with Crippen molar-refractivity contribution in [2.24, 2.45) is 5.73 Å². The van der Waals surface area contributed by atoms with Gasteiger partial charge in [-0.1, -0.05) is 12.1 Å². The van der Waals surface area contributed by atoms with Crippen LogP contribution in [0, 0.1) is 0 Å². The van der Waals surface area contributed by atoms with Crippen molar-refractivity contribution in [3.8, 4) is 0 Å². The number of hydrogen-bond donors (Lipinski definition) is 3. The molecule has 7 heteroatoms. The third-order valence-electron chi connectivity index (χ3n) is 3.23. The molecule has 0 aliphatic carbocycles. The zero-order chi connectivity index (χ0) is 17.4. The lowest BCUT2D eigenvalue weighted by molar-refractivity contribution is -0.117. The van der Waals surface area contributed by atoms with E-state index in [4.69, 9.17) is 10.2 Å². The van der Waals surface area contributed by atoms with Gasteiger partial charge in [0.15, 0.2) is 5.76 Å². The van der Waals surface area contributed by atoms with Gasteiger partial charge in [-0.05, 0) is 36.2 Å². The summed E-state index contributed by atoms with van der Waals surface area (Å²) in [6.45, 7) is 0.379. The molecule has 2 rings (SSSR count). The number of carbonyl (C=O) groups is 3. The van der Waals surface area contributed by atoms with Crippen LogP contribution in [-0.4, -0.2) is 24.3 Å². The zero-order valence-corrected chi connectivity index (χ0v) is 13.1. The Kier molecular flexibility index (Phi) is 6.13. The number of amides is 3. The quantitative estimate of drug-likeness (QED) is 0.636. The SMILES string of the molecule is NC(=O)Cc1ccc(NC(=O)CCCNC(=O)c2ccco2)cc1. The van der Waals surface area contributed by atoms with Crippen LogP contribution < -0.4 is 16.4 Å². The molecule has 0 atom stereocenters. The number of furan rings is 1. The van der Waals surface area contributed by atoms with Gasteiger partial charge in [-0.3, -0.25) is 14.4 Å². The Hall–Kier alpha value is -3.09. The minimum atomic E-state index is -0.400. The molecule has 0 saturated heterocycles. The standard InChI is InChI=1S/C17H19N3O4/c18-15(21)11-12-5-7-13(8-6-12)20-16(22)4-1-9-19-17(23)14-3-2-10-24-14/h2-3,5-8,10H,1,4,9,11H2,(H2,18,21)(H,19,23)(H,20,22). The van der Waals surface area contributed by atoms with E-state index in [1.165, 1.54) is 6.26 Å². The number of hydrogen-bond acceptors (Lipinski definition) is 4. The van der Waals surface area contributed by atoms with Crippen molar-refractivity contribution in [1.29, 1.82) is 0 Å². The van der Waals surface area contributed by atoms with Crippen LogP contribution in [0.1, 0.15) is 29.0 Å². The third kappa shape index (κ3) is 5.60. The average molecular weight is 329 g/mol. The third-order valence-corrected chi connectivity index (χ3v) is 3.23. The Morgan fingerprint density at radius 3 is 2.46 bits per heavy atom. The summed E-state index contributed by atoms with van der Waals surface area (Å²) in [6, 6.07) is 10.1. The molecule has 1 heterocycles. The lowest BCUT2D eigenvalue weighted by Crippen LogP contribution is -2.25. The fourth-order valence-electron chi connectivity index (χ4n) is 2.08. The molecule has 0 fully saturated rings. The van der Waals surface area contributed by atoms with Crippen molar-refractivity contribution in [2.45, 2.75) is 19.3 Å². The number of nitrogens with one attached hydrogen (secondary N) is 2. The summed E-state index contributed by atoms with van der Waals surface area (Å²) < 4.78 is 4.97. The fraction of sp³-hybridized carbons (Fsp3) is 0.235. The first-order chi connectivity index (χ1) is 11.5. The van der Waals surface area contributed by atoms with Crippen LogP contribution in [0.15, 0.2) is 47.1 Å². The minimum absolute atomic E-state index is 0.148. The summed E-state index contributed by atoms with van der Waals surface area (Å²) in [5, 5.41) is 5.43. The molecule has 3 amide bonds. The Morgan fingerprint density at radius 1 is 1.08 bits per heavy atom. The number of primary amides is 1. The molecule has 0 aliphatic rings. The van der Waals surface area contributed by atoms with Gasteiger partial charge in [0.05, 0.1) is 12.7 Å². The minimum Gasteiger partial charge on any atom is -0.459 e. The van der Waals surface area contributed by atoms with E-state index >= 15 is 0 Å². The van der Waals surface area contributed by atoms with Gasteiger partial charge in [0.1, 0.15) is 0 Å². The first-order valence-electron chi connectivity index (χ1n) is 7.53. The lowest BCUT2D eigenvalue weighted by atomic mass is 10.1. The second kappa shape index (κ2) is 8.52. The maximum Gasteiger partial charge on any atom is 0.286 e. The topological polar surface area (TPSA) is 114 Å². The van der Waals surface area contributed by atoms with E-state index < -0.39 is 5.91 Å². The molecule has 1 aromatic heterocycles. The summed E-state index contributed by atoms with van der Waals surface area (Å²) in [5.41, 5.74) is 6.56. The lowest BCUT2D eigenvalue weighted by Gasteiger charge is -2.07. The highest BCUT2D eigenvalue weighted by molar-refractivity contribution is 5.92. The Labute approximate surface area is 139 Å². The van der Waals surface area contributed by atoms with E-state index in [9.17, 15) is 14.4 Å². The van der Waals surface area contributed by atoms with Crippen LogP contribution in [0.5, 0.6) is 0 Å². The van der Waals surface area contributed by atoms with Gasteiger partial charge in [-0.2, -0.15) is 0 Å². The van der Waals surface area contributed by atoms with Crippen molar-refractivity contribution in [3.63, 3.8) is 0 Å². The van der Waals surface area contributed by atoms with Crippen LogP contribution in [0.25, 0.3) is 0 Å². The van der Waals surface area contributed by atoms with Crippen molar-refractivity contribution in [2.75, 3.05) is 11.9 Å². The Balaban J connectivity index is 1.67. The van der Waals surface area contributed by atoms with Crippen LogP contribution in [-0.2, 0) is 16.0 Å². The molecule has 2 aromatic rings. The van der Waals surface area contributed by atoms with Gasteiger partial charge in [0, 0.05) is 18.7 Å². The second-order valence-corrected chi connectivity index (χ2v) is 5.22. The molecule has 1 aromatic carbocycles. The summed E-state index contributed by atoms with van der Waals surface area (Å²) >= 11 is 0. The molecule has 7 nitrogen and oxygen atoms in total. The normalized spacial score (nSPS) is 10.2. The summed E-state index contributed by atoms with van der Waals surface area (Å²) in [4.78, 5) is 34.3. The molecule has 0 spiro atoms. The Bertz CT molecular complexity index is 693. The van der Waals surface area contributed by atoms with E-state index in [1.807, 2.05) is 0 Å².